The van der Waals surface area contributed by atoms with Crippen LogP contribution in [-0.4, -0.2) is 32.8 Å². The number of hydrogen-bond donors (Lipinski definition) is 0. The number of amides is 1. The van der Waals surface area contributed by atoms with E-state index in [2.05, 4.69) is 24.0 Å². The second-order valence-electron chi connectivity index (χ2n) is 6.15. The van der Waals surface area contributed by atoms with E-state index in [9.17, 15) is 9.59 Å². The summed E-state index contributed by atoms with van der Waals surface area (Å²) in [5.41, 5.74) is 1.08. The summed E-state index contributed by atoms with van der Waals surface area (Å²) in [5.74, 6) is -0.104. The van der Waals surface area contributed by atoms with Gasteiger partial charge in [0.05, 0.1) is 5.69 Å². The van der Waals surface area contributed by atoms with E-state index in [4.69, 9.17) is 12.2 Å². The number of thiocarbonyl (C=S) groups is 1. The van der Waals surface area contributed by atoms with Gasteiger partial charge in [-0.25, -0.2) is 0 Å². The molecule has 0 atom stereocenters. The molecular formula is C19H19N3O2S4. The highest BCUT2D eigenvalue weighted by atomic mass is 32.2. The minimum atomic E-state index is -0.104. The number of aromatic nitrogens is 1. The number of fused-ring (bicyclic) bond motifs is 1. The molecule has 0 aliphatic carbocycles. The first kappa shape index (κ1) is 19.8. The SMILES string of the molecule is CCN1C(=O)/C(=c2/s/c(=C3\Sc4ccccc4N3CC)c(=O)n2CC)SC1=S. The van der Waals surface area contributed by atoms with Gasteiger partial charge in [0.1, 0.15) is 23.4 Å². The minimum Gasteiger partial charge on any atom is -0.334 e. The first-order chi connectivity index (χ1) is 13.5. The summed E-state index contributed by atoms with van der Waals surface area (Å²) >= 11 is 9.66. The van der Waals surface area contributed by atoms with Crippen LogP contribution in [0.5, 0.6) is 0 Å². The lowest BCUT2D eigenvalue weighted by molar-refractivity contribution is -0.120. The van der Waals surface area contributed by atoms with Gasteiger partial charge in [-0.15, -0.1) is 11.3 Å². The van der Waals surface area contributed by atoms with Crippen LogP contribution in [0.1, 0.15) is 20.8 Å². The summed E-state index contributed by atoms with van der Waals surface area (Å²) in [6, 6.07) is 8.18. The molecular weight excluding hydrogens is 430 g/mol. The predicted molar refractivity (Wildman–Crippen MR) is 123 cm³/mol. The number of para-hydroxylation sites is 1. The van der Waals surface area contributed by atoms with Crippen LogP contribution in [0.4, 0.5) is 5.69 Å². The summed E-state index contributed by atoms with van der Waals surface area (Å²) in [7, 11) is 0. The third-order valence-electron chi connectivity index (χ3n) is 4.68. The second-order valence-corrected chi connectivity index (χ2v) is 9.83. The zero-order chi connectivity index (χ0) is 20.0. The van der Waals surface area contributed by atoms with Gasteiger partial charge in [0.2, 0.25) is 0 Å². The lowest BCUT2D eigenvalue weighted by Gasteiger charge is -2.16. The topological polar surface area (TPSA) is 45.6 Å². The molecule has 0 N–H and O–H groups in total. The normalized spacial score (nSPS) is 20.4. The number of anilines is 1. The van der Waals surface area contributed by atoms with Gasteiger partial charge in [0, 0.05) is 24.5 Å². The van der Waals surface area contributed by atoms with E-state index in [-0.39, 0.29) is 11.5 Å². The fourth-order valence-corrected chi connectivity index (χ4v) is 7.42. The lowest BCUT2D eigenvalue weighted by atomic mass is 10.3. The molecule has 0 radical (unpaired) electrons. The van der Waals surface area contributed by atoms with Crippen molar-refractivity contribution < 1.29 is 4.79 Å². The highest BCUT2D eigenvalue weighted by molar-refractivity contribution is 8.30. The van der Waals surface area contributed by atoms with Crippen molar-refractivity contribution in [2.24, 2.45) is 0 Å². The molecule has 28 heavy (non-hydrogen) atoms. The zero-order valence-electron chi connectivity index (χ0n) is 15.7. The number of rotatable bonds is 3. The Labute approximate surface area is 180 Å². The van der Waals surface area contributed by atoms with Crippen LogP contribution in [0, 0.1) is 0 Å². The molecule has 5 nitrogen and oxygen atoms in total. The third kappa shape index (κ3) is 2.96. The Morgan fingerprint density at radius 1 is 0.964 bits per heavy atom. The highest BCUT2D eigenvalue weighted by Crippen LogP contribution is 2.45. The molecule has 1 saturated heterocycles. The van der Waals surface area contributed by atoms with E-state index in [0.717, 1.165) is 22.2 Å². The van der Waals surface area contributed by atoms with Gasteiger partial charge in [-0.3, -0.25) is 19.1 Å². The first-order valence-corrected chi connectivity index (χ1v) is 11.9. The average molecular weight is 450 g/mol. The van der Waals surface area contributed by atoms with Crippen LogP contribution in [-0.2, 0) is 11.3 Å². The van der Waals surface area contributed by atoms with Gasteiger partial charge < -0.3 is 4.90 Å². The minimum absolute atomic E-state index is 0.0435. The van der Waals surface area contributed by atoms with E-state index < -0.39 is 0 Å². The van der Waals surface area contributed by atoms with Crippen LogP contribution in [0.2, 0.25) is 0 Å². The molecule has 1 amide bonds. The summed E-state index contributed by atoms with van der Waals surface area (Å²) in [6.45, 7) is 7.74. The molecule has 0 unspecified atom stereocenters. The number of hydrogen-bond acceptors (Lipinski definition) is 7. The van der Waals surface area contributed by atoms with Crippen LogP contribution in [0.25, 0.3) is 9.93 Å². The predicted octanol–water partition coefficient (Wildman–Crippen LogP) is 2.62. The van der Waals surface area contributed by atoms with Crippen molar-refractivity contribution in [1.29, 1.82) is 0 Å². The van der Waals surface area contributed by atoms with Crippen molar-refractivity contribution in [3.05, 3.63) is 43.8 Å². The molecule has 1 aromatic carbocycles. The standard InChI is InChI=1S/C19H19N3O2S4/c1-4-20-11-9-7-8-10-12(11)26-17(20)13-15(23)21(5-2)18(27-13)14-16(24)22(6-3)19(25)28-14/h7-10H,4-6H2,1-3H3/b17-13-,18-14-. The first-order valence-electron chi connectivity index (χ1n) is 9.08. The molecule has 146 valence electrons. The Hall–Kier alpha value is -1.55. The molecule has 2 aliphatic heterocycles. The van der Waals surface area contributed by atoms with Gasteiger partial charge >= 0.3 is 0 Å². The van der Waals surface area contributed by atoms with Gasteiger partial charge in [-0.1, -0.05) is 47.9 Å². The van der Waals surface area contributed by atoms with E-state index >= 15 is 0 Å². The van der Waals surface area contributed by atoms with Crippen LogP contribution >= 0.6 is 47.1 Å². The van der Waals surface area contributed by atoms with Crippen molar-refractivity contribution in [3.63, 3.8) is 0 Å². The lowest BCUT2D eigenvalue weighted by Crippen LogP contribution is -2.35. The molecule has 0 bridgehead atoms. The highest BCUT2D eigenvalue weighted by Gasteiger charge is 2.33. The number of nitrogens with zero attached hydrogens (tertiary/aromatic N) is 3. The second kappa shape index (κ2) is 7.70. The number of carbonyl (C=O) groups is 1. The van der Waals surface area contributed by atoms with Crippen LogP contribution < -0.4 is 19.7 Å². The van der Waals surface area contributed by atoms with Gasteiger partial charge in [-0.2, -0.15) is 0 Å². The van der Waals surface area contributed by atoms with Crippen molar-refractivity contribution in [2.45, 2.75) is 32.2 Å². The molecule has 2 aliphatic rings. The number of thiazole rings is 1. The van der Waals surface area contributed by atoms with Crippen molar-refractivity contribution in [3.8, 4) is 0 Å². The van der Waals surface area contributed by atoms with E-state index in [1.54, 1.807) is 21.2 Å². The van der Waals surface area contributed by atoms with Crippen molar-refractivity contribution in [2.75, 3.05) is 18.0 Å². The van der Waals surface area contributed by atoms with Crippen LogP contribution in [0.15, 0.2) is 34.0 Å². The average Bonchev–Trinajstić information content (AvgIpc) is 3.31. The summed E-state index contributed by atoms with van der Waals surface area (Å²) in [5, 5.41) is 0.943. The Balaban J connectivity index is 1.99. The molecule has 3 heterocycles. The maximum Gasteiger partial charge on any atom is 0.271 e. The molecule has 0 spiro atoms. The Morgan fingerprint density at radius 2 is 1.68 bits per heavy atom. The van der Waals surface area contributed by atoms with E-state index in [1.807, 2.05) is 26.0 Å². The van der Waals surface area contributed by atoms with E-state index in [1.165, 1.54) is 23.1 Å². The quantitative estimate of drug-likeness (QED) is 0.672. The zero-order valence-corrected chi connectivity index (χ0v) is 19.0. The van der Waals surface area contributed by atoms with Gasteiger partial charge in [0.15, 0.2) is 0 Å². The fraction of sp³-hybridized carbons (Fsp3) is 0.316. The maximum atomic E-state index is 13.2. The number of benzene rings is 1. The summed E-state index contributed by atoms with van der Waals surface area (Å²) < 4.78 is 3.64. The maximum absolute atomic E-state index is 13.2. The largest absolute Gasteiger partial charge is 0.334 e. The number of thioether (sulfide) groups is 2. The van der Waals surface area contributed by atoms with Crippen LogP contribution in [0.3, 0.4) is 0 Å². The van der Waals surface area contributed by atoms with Gasteiger partial charge in [0.25, 0.3) is 11.5 Å². The molecule has 2 aromatic rings. The monoisotopic (exact) mass is 449 g/mol. The molecule has 4 rings (SSSR count). The molecule has 1 fully saturated rings. The molecule has 1 aromatic heterocycles. The van der Waals surface area contributed by atoms with Crippen molar-refractivity contribution >= 4 is 72.9 Å². The van der Waals surface area contributed by atoms with Gasteiger partial charge in [-0.05, 0) is 32.9 Å². The fourth-order valence-electron chi connectivity index (χ4n) is 3.32. The Morgan fingerprint density at radius 3 is 2.32 bits per heavy atom. The molecule has 9 heteroatoms. The molecule has 0 saturated carbocycles. The Bertz CT molecular complexity index is 1160. The summed E-state index contributed by atoms with van der Waals surface area (Å²) in [4.78, 5) is 31.5. The summed E-state index contributed by atoms with van der Waals surface area (Å²) in [6.07, 6.45) is 0. The third-order valence-corrected chi connectivity index (χ3v) is 8.75. The smallest absolute Gasteiger partial charge is 0.271 e. The number of carbonyl (C=O) groups excluding carboxylic acids is 1. The van der Waals surface area contributed by atoms with E-state index in [0.29, 0.717) is 31.5 Å². The Kier molecular flexibility index (Phi) is 5.43. The van der Waals surface area contributed by atoms with Crippen molar-refractivity contribution in [1.82, 2.24) is 9.47 Å².